The Morgan fingerprint density at radius 3 is 2.31 bits per heavy atom. The van der Waals surface area contributed by atoms with Gasteiger partial charge in [-0.15, -0.1) is 0 Å². The van der Waals surface area contributed by atoms with Crippen LogP contribution in [0.4, 0.5) is 0 Å². The van der Waals surface area contributed by atoms with Crippen molar-refractivity contribution >= 4 is 11.8 Å². The Bertz CT molecular complexity index is 614. The minimum atomic E-state index is -0.556. The predicted octanol–water partition coefficient (Wildman–Crippen LogP) is 1.82. The summed E-state index contributed by atoms with van der Waals surface area (Å²) in [7, 11) is 0. The summed E-state index contributed by atoms with van der Waals surface area (Å²) < 4.78 is 5.78. The SMILES string of the molecule is CC(Oc1ccc(C(C)(C)C)cc1)C(=O)NC1CCN(CC(N)=O)CC1. The van der Waals surface area contributed by atoms with Crippen LogP contribution in [0.25, 0.3) is 0 Å². The zero-order valence-electron chi connectivity index (χ0n) is 16.2. The number of piperidine rings is 1. The van der Waals surface area contributed by atoms with E-state index in [4.69, 9.17) is 10.5 Å². The maximum atomic E-state index is 12.4. The Balaban J connectivity index is 1.80. The van der Waals surface area contributed by atoms with Gasteiger partial charge in [-0.2, -0.15) is 0 Å². The molecule has 1 fully saturated rings. The van der Waals surface area contributed by atoms with Crippen molar-refractivity contribution in [1.82, 2.24) is 10.2 Å². The molecule has 6 heteroatoms. The molecule has 144 valence electrons. The van der Waals surface area contributed by atoms with Crippen LogP contribution in [-0.4, -0.2) is 48.5 Å². The van der Waals surface area contributed by atoms with E-state index >= 15 is 0 Å². The molecule has 26 heavy (non-hydrogen) atoms. The third-order valence-electron chi connectivity index (χ3n) is 4.72. The molecule has 1 aliphatic rings. The van der Waals surface area contributed by atoms with E-state index in [9.17, 15) is 9.59 Å². The predicted molar refractivity (Wildman–Crippen MR) is 102 cm³/mol. The van der Waals surface area contributed by atoms with E-state index in [1.807, 2.05) is 29.2 Å². The molecule has 2 rings (SSSR count). The van der Waals surface area contributed by atoms with Gasteiger partial charge in [0.2, 0.25) is 5.91 Å². The molecule has 0 radical (unpaired) electrons. The van der Waals surface area contributed by atoms with Crippen LogP contribution in [0.3, 0.4) is 0 Å². The minimum absolute atomic E-state index is 0.0882. The first-order valence-electron chi connectivity index (χ1n) is 9.23. The van der Waals surface area contributed by atoms with Crippen LogP contribution in [0, 0.1) is 0 Å². The van der Waals surface area contributed by atoms with Crippen molar-refractivity contribution in [2.45, 2.75) is 58.1 Å². The fourth-order valence-electron chi connectivity index (χ4n) is 3.07. The first-order valence-corrected chi connectivity index (χ1v) is 9.23. The van der Waals surface area contributed by atoms with Crippen molar-refractivity contribution in [2.24, 2.45) is 5.73 Å². The highest BCUT2D eigenvalue weighted by molar-refractivity contribution is 5.81. The Hall–Kier alpha value is -2.08. The number of nitrogens with one attached hydrogen (secondary N) is 1. The molecule has 0 bridgehead atoms. The number of primary amides is 1. The monoisotopic (exact) mass is 361 g/mol. The summed E-state index contributed by atoms with van der Waals surface area (Å²) in [4.78, 5) is 25.4. The van der Waals surface area contributed by atoms with Gasteiger partial charge in [0.05, 0.1) is 6.54 Å². The third kappa shape index (κ3) is 6.02. The molecule has 2 amide bonds. The van der Waals surface area contributed by atoms with Crippen molar-refractivity contribution < 1.29 is 14.3 Å². The molecule has 1 atom stereocenters. The molecule has 1 heterocycles. The first-order chi connectivity index (χ1) is 12.1. The van der Waals surface area contributed by atoms with Gasteiger partial charge in [0.1, 0.15) is 5.75 Å². The molecule has 0 aliphatic carbocycles. The quantitative estimate of drug-likeness (QED) is 0.809. The summed E-state index contributed by atoms with van der Waals surface area (Å²) in [5.74, 6) is 0.266. The molecule has 0 saturated carbocycles. The summed E-state index contributed by atoms with van der Waals surface area (Å²) in [5, 5.41) is 3.04. The lowest BCUT2D eigenvalue weighted by atomic mass is 9.87. The number of carbonyl (C=O) groups is 2. The van der Waals surface area contributed by atoms with Crippen LogP contribution < -0.4 is 15.8 Å². The maximum Gasteiger partial charge on any atom is 0.260 e. The number of hydrogen-bond donors (Lipinski definition) is 2. The second-order valence-electron chi connectivity index (χ2n) is 8.06. The fraction of sp³-hybridized carbons (Fsp3) is 0.600. The van der Waals surface area contributed by atoms with Crippen LogP contribution in [-0.2, 0) is 15.0 Å². The molecule has 1 aromatic rings. The van der Waals surface area contributed by atoms with Gasteiger partial charge in [-0.3, -0.25) is 14.5 Å². The number of nitrogens with zero attached hydrogens (tertiary/aromatic N) is 1. The van der Waals surface area contributed by atoms with E-state index in [2.05, 4.69) is 26.1 Å². The normalized spacial score (nSPS) is 17.5. The number of benzene rings is 1. The Labute approximate surface area is 156 Å². The largest absolute Gasteiger partial charge is 0.481 e. The van der Waals surface area contributed by atoms with Gasteiger partial charge in [-0.25, -0.2) is 0 Å². The van der Waals surface area contributed by atoms with Crippen molar-refractivity contribution in [3.8, 4) is 5.75 Å². The first kappa shape index (κ1) is 20.2. The van der Waals surface area contributed by atoms with Gasteiger partial charge in [0.25, 0.3) is 5.91 Å². The Morgan fingerprint density at radius 2 is 1.81 bits per heavy atom. The Morgan fingerprint density at radius 1 is 1.23 bits per heavy atom. The van der Waals surface area contributed by atoms with Crippen LogP contribution in [0.2, 0.25) is 0 Å². The average Bonchev–Trinajstić information content (AvgIpc) is 2.55. The van der Waals surface area contributed by atoms with Crippen molar-refractivity contribution in [3.63, 3.8) is 0 Å². The fourth-order valence-corrected chi connectivity index (χ4v) is 3.07. The van der Waals surface area contributed by atoms with Crippen LogP contribution in [0.5, 0.6) is 5.75 Å². The topological polar surface area (TPSA) is 84.7 Å². The molecule has 1 aliphatic heterocycles. The van der Waals surface area contributed by atoms with E-state index in [0.29, 0.717) is 5.75 Å². The highest BCUT2D eigenvalue weighted by Gasteiger charge is 2.24. The van der Waals surface area contributed by atoms with Gasteiger partial charge in [-0.1, -0.05) is 32.9 Å². The molecular formula is C20H31N3O3. The average molecular weight is 361 g/mol. The van der Waals surface area contributed by atoms with Crippen molar-refractivity contribution in [3.05, 3.63) is 29.8 Å². The molecule has 1 unspecified atom stereocenters. The van der Waals surface area contributed by atoms with Gasteiger partial charge in [0, 0.05) is 19.1 Å². The number of carbonyl (C=O) groups excluding carboxylic acids is 2. The lowest BCUT2D eigenvalue weighted by Crippen LogP contribution is -2.49. The van der Waals surface area contributed by atoms with Gasteiger partial charge < -0.3 is 15.8 Å². The molecule has 3 N–H and O–H groups in total. The summed E-state index contributed by atoms with van der Waals surface area (Å²) in [6, 6.07) is 8.00. The van der Waals surface area contributed by atoms with Crippen LogP contribution >= 0.6 is 0 Å². The lowest BCUT2D eigenvalue weighted by Gasteiger charge is -2.32. The van der Waals surface area contributed by atoms with Crippen LogP contribution in [0.15, 0.2) is 24.3 Å². The van der Waals surface area contributed by atoms with Gasteiger partial charge in [0.15, 0.2) is 6.10 Å². The van der Waals surface area contributed by atoms with Crippen molar-refractivity contribution in [2.75, 3.05) is 19.6 Å². The molecule has 6 nitrogen and oxygen atoms in total. The minimum Gasteiger partial charge on any atom is -0.481 e. The number of ether oxygens (including phenoxy) is 1. The zero-order valence-corrected chi connectivity index (χ0v) is 16.2. The van der Waals surface area contributed by atoms with E-state index in [1.165, 1.54) is 5.56 Å². The number of hydrogen-bond acceptors (Lipinski definition) is 4. The lowest BCUT2D eigenvalue weighted by molar-refractivity contribution is -0.128. The number of amides is 2. The molecule has 0 aromatic heterocycles. The highest BCUT2D eigenvalue weighted by atomic mass is 16.5. The van der Waals surface area contributed by atoms with E-state index < -0.39 is 6.10 Å². The molecular weight excluding hydrogens is 330 g/mol. The van der Waals surface area contributed by atoms with Crippen LogP contribution in [0.1, 0.15) is 46.1 Å². The van der Waals surface area contributed by atoms with Crippen molar-refractivity contribution in [1.29, 1.82) is 0 Å². The van der Waals surface area contributed by atoms with Gasteiger partial charge >= 0.3 is 0 Å². The summed E-state index contributed by atoms with van der Waals surface area (Å²) in [6.07, 6.45) is 1.07. The number of nitrogens with two attached hydrogens (primary N) is 1. The standard InChI is InChI=1S/C20H31N3O3/c1-14(26-17-7-5-15(6-8-17)20(2,3)4)19(25)22-16-9-11-23(12-10-16)13-18(21)24/h5-8,14,16H,9-13H2,1-4H3,(H2,21,24)(H,22,25). The number of rotatable bonds is 6. The smallest absolute Gasteiger partial charge is 0.260 e. The molecule has 1 saturated heterocycles. The highest BCUT2D eigenvalue weighted by Crippen LogP contribution is 2.24. The summed E-state index contributed by atoms with van der Waals surface area (Å²) in [6.45, 7) is 10.0. The van der Waals surface area contributed by atoms with E-state index in [0.717, 1.165) is 25.9 Å². The van der Waals surface area contributed by atoms with E-state index in [-0.39, 0.29) is 29.8 Å². The Kier molecular flexibility index (Phi) is 6.64. The van der Waals surface area contributed by atoms with Gasteiger partial charge in [-0.05, 0) is 42.9 Å². The third-order valence-corrected chi connectivity index (χ3v) is 4.72. The number of likely N-dealkylation sites (tertiary alicyclic amines) is 1. The summed E-state index contributed by atoms with van der Waals surface area (Å²) in [5.41, 5.74) is 6.53. The zero-order chi connectivity index (χ0) is 19.3. The second-order valence-corrected chi connectivity index (χ2v) is 8.06. The second kappa shape index (κ2) is 8.54. The molecule has 1 aromatic carbocycles. The molecule has 0 spiro atoms. The maximum absolute atomic E-state index is 12.4. The van der Waals surface area contributed by atoms with E-state index in [1.54, 1.807) is 6.92 Å². The summed E-state index contributed by atoms with van der Waals surface area (Å²) >= 11 is 0.